The van der Waals surface area contributed by atoms with E-state index in [9.17, 15) is 4.79 Å². The van der Waals surface area contributed by atoms with E-state index in [4.69, 9.17) is 18.9 Å². The van der Waals surface area contributed by atoms with Crippen molar-refractivity contribution in [2.45, 2.75) is 0 Å². The zero-order chi connectivity index (χ0) is 39.8. The first-order chi connectivity index (χ1) is 28.4. The summed E-state index contributed by atoms with van der Waals surface area (Å²) in [4.78, 5) is 20.4. The van der Waals surface area contributed by atoms with E-state index in [0.29, 0.717) is 0 Å². The van der Waals surface area contributed by atoms with Crippen molar-refractivity contribution in [3.05, 3.63) is 169 Å². The molecule has 0 atom stereocenters. The number of rotatable bonds is 12. The highest BCUT2D eigenvalue weighted by Crippen LogP contribution is 2.47. The van der Waals surface area contributed by atoms with Gasteiger partial charge in [-0.15, -0.1) is 22.7 Å². The van der Waals surface area contributed by atoms with E-state index < -0.39 is 0 Å². The van der Waals surface area contributed by atoms with Gasteiger partial charge in [0, 0.05) is 43.6 Å². The Balaban J connectivity index is 1.05. The summed E-state index contributed by atoms with van der Waals surface area (Å²) < 4.78 is 21.8. The molecule has 0 aliphatic heterocycles. The molecule has 6 aromatic carbocycles. The molecule has 8 aromatic rings. The average Bonchev–Trinajstić information content (AvgIpc) is 4.04. The van der Waals surface area contributed by atoms with E-state index in [0.717, 1.165) is 98.9 Å². The molecule has 9 heteroatoms. The molecule has 0 saturated heterocycles. The minimum atomic E-state index is 0.0530. The van der Waals surface area contributed by atoms with Crippen molar-refractivity contribution >= 4 is 61.2 Å². The fourth-order valence-electron chi connectivity index (χ4n) is 7.32. The third-order valence-corrected chi connectivity index (χ3v) is 12.6. The lowest BCUT2D eigenvalue weighted by Gasteiger charge is -2.24. The van der Waals surface area contributed by atoms with Gasteiger partial charge in [0.15, 0.2) is 5.78 Å². The van der Waals surface area contributed by atoms with E-state index in [1.54, 1.807) is 51.1 Å². The fourth-order valence-corrected chi connectivity index (χ4v) is 9.41. The second kappa shape index (κ2) is 15.6. The van der Waals surface area contributed by atoms with Crippen LogP contribution in [0.25, 0.3) is 32.0 Å². The maximum Gasteiger partial charge on any atom is 0.194 e. The van der Waals surface area contributed by atoms with E-state index >= 15 is 0 Å². The predicted molar refractivity (Wildman–Crippen MR) is 238 cm³/mol. The van der Waals surface area contributed by atoms with Crippen LogP contribution in [0.1, 0.15) is 15.9 Å². The van der Waals surface area contributed by atoms with Gasteiger partial charge in [0.1, 0.15) is 33.0 Å². The van der Waals surface area contributed by atoms with Crippen molar-refractivity contribution in [1.82, 2.24) is 0 Å². The molecule has 1 aliphatic carbocycles. The van der Waals surface area contributed by atoms with Gasteiger partial charge >= 0.3 is 0 Å². The number of hydrogen-bond donors (Lipinski definition) is 0. The lowest BCUT2D eigenvalue weighted by Crippen LogP contribution is -2.08. The molecule has 9 rings (SSSR count). The average molecular weight is 799 g/mol. The molecule has 2 heterocycles. The quantitative estimate of drug-likeness (QED) is 0.122. The van der Waals surface area contributed by atoms with Crippen LogP contribution in [0.2, 0.25) is 0 Å². The Labute approximate surface area is 345 Å². The number of carbonyl (C=O) groups is 1. The second-order valence-corrected chi connectivity index (χ2v) is 15.7. The Kier molecular flexibility index (Phi) is 9.91. The highest BCUT2D eigenvalue weighted by Gasteiger charge is 2.28. The van der Waals surface area contributed by atoms with Gasteiger partial charge < -0.3 is 28.7 Å². The monoisotopic (exact) mass is 798 g/mol. The minimum Gasteiger partial charge on any atom is -0.497 e. The number of anilines is 6. The first-order valence-electron chi connectivity index (χ1n) is 18.6. The highest BCUT2D eigenvalue weighted by atomic mass is 32.1. The van der Waals surface area contributed by atoms with Crippen molar-refractivity contribution in [1.29, 1.82) is 0 Å². The summed E-state index contributed by atoms with van der Waals surface area (Å²) in [5.41, 5.74) is 9.49. The fraction of sp³-hybridized carbons (Fsp3) is 0.0816. The number of thiophene rings is 2. The van der Waals surface area contributed by atoms with Crippen molar-refractivity contribution in [2.75, 3.05) is 38.2 Å². The van der Waals surface area contributed by atoms with Gasteiger partial charge in [-0.3, -0.25) is 4.79 Å². The van der Waals surface area contributed by atoms with Crippen LogP contribution in [0.4, 0.5) is 32.8 Å². The number of carbonyl (C=O) groups excluding carboxylic acids is 1. The highest BCUT2D eigenvalue weighted by molar-refractivity contribution is 7.20. The zero-order valence-electron chi connectivity index (χ0n) is 32.3. The maximum absolute atomic E-state index is 13.7. The molecule has 0 fully saturated rings. The standard InChI is InChI=1S/C49H38N2O5S2/c1-53-37-15-7-33(8-16-37)50(34-9-17-38(54-2)18-10-34)47-27-25-45(57-47)31-5-23-41-43(29-31)44-30-32(6-24-42(44)49(41)52)46-26-28-48(58-46)51(35-11-19-39(55-3)20-12-35)36-13-21-40(56-4)22-14-36/h5-30H,1-4H3. The Morgan fingerprint density at radius 3 is 0.966 bits per heavy atom. The summed E-state index contributed by atoms with van der Waals surface area (Å²) in [6.07, 6.45) is 0. The van der Waals surface area contributed by atoms with Gasteiger partial charge in [0.25, 0.3) is 0 Å². The summed E-state index contributed by atoms with van der Waals surface area (Å²) in [6, 6.07) is 53.2. The van der Waals surface area contributed by atoms with E-state index in [1.165, 1.54) is 0 Å². The van der Waals surface area contributed by atoms with Crippen molar-refractivity contribution in [2.24, 2.45) is 0 Å². The van der Waals surface area contributed by atoms with Gasteiger partial charge in [-0.1, -0.05) is 12.1 Å². The molecule has 0 spiro atoms. The van der Waals surface area contributed by atoms with Crippen LogP contribution in [0, 0.1) is 0 Å². The molecule has 2 aromatic heterocycles. The SMILES string of the molecule is COc1ccc(N(c2ccc(OC)cc2)c2ccc(-c3ccc4c(c3)-c3cc(-c5ccc(N(c6ccc(OC)cc6)c6ccc(OC)cc6)s5)ccc3C4=O)s2)cc1. The molecule has 7 nitrogen and oxygen atoms in total. The molecule has 0 amide bonds. The molecule has 58 heavy (non-hydrogen) atoms. The number of methoxy groups -OCH3 is 4. The largest absolute Gasteiger partial charge is 0.497 e. The normalized spacial score (nSPS) is 11.5. The first-order valence-corrected chi connectivity index (χ1v) is 20.3. The third kappa shape index (κ3) is 6.84. The van der Waals surface area contributed by atoms with Crippen LogP contribution >= 0.6 is 22.7 Å². The Morgan fingerprint density at radius 1 is 0.362 bits per heavy atom. The molecular weight excluding hydrogens is 761 g/mol. The Bertz CT molecular complexity index is 2450. The lowest BCUT2D eigenvalue weighted by atomic mass is 10.00. The second-order valence-electron chi connectivity index (χ2n) is 13.6. The molecule has 1 aliphatic rings. The minimum absolute atomic E-state index is 0.0530. The van der Waals surface area contributed by atoms with Crippen LogP contribution in [0.5, 0.6) is 23.0 Å². The number of ether oxygens (including phenoxy) is 4. The van der Waals surface area contributed by atoms with Crippen LogP contribution in [0.3, 0.4) is 0 Å². The summed E-state index contributed by atoms with van der Waals surface area (Å²) in [7, 11) is 6.69. The van der Waals surface area contributed by atoms with E-state index in [-0.39, 0.29) is 5.78 Å². The Morgan fingerprint density at radius 2 is 0.672 bits per heavy atom. The van der Waals surface area contributed by atoms with Gasteiger partial charge in [-0.25, -0.2) is 0 Å². The van der Waals surface area contributed by atoms with Crippen molar-refractivity contribution < 1.29 is 23.7 Å². The number of fused-ring (bicyclic) bond motifs is 3. The van der Waals surface area contributed by atoms with Gasteiger partial charge in [0.05, 0.1) is 28.4 Å². The van der Waals surface area contributed by atoms with Crippen LogP contribution in [-0.4, -0.2) is 34.2 Å². The van der Waals surface area contributed by atoms with Crippen LogP contribution in [0.15, 0.2) is 158 Å². The smallest absolute Gasteiger partial charge is 0.194 e. The zero-order valence-corrected chi connectivity index (χ0v) is 33.9. The van der Waals surface area contributed by atoms with Crippen LogP contribution < -0.4 is 28.7 Å². The first kappa shape index (κ1) is 36.8. The molecule has 0 unspecified atom stereocenters. The van der Waals surface area contributed by atoms with Gasteiger partial charge in [-0.2, -0.15) is 0 Å². The summed E-state index contributed by atoms with van der Waals surface area (Å²) >= 11 is 3.40. The number of ketones is 1. The molecule has 0 N–H and O–H groups in total. The molecule has 0 saturated carbocycles. The topological polar surface area (TPSA) is 60.5 Å². The number of benzene rings is 6. The molecule has 0 bridgehead atoms. The summed E-state index contributed by atoms with van der Waals surface area (Å²) in [6.45, 7) is 0. The third-order valence-electron chi connectivity index (χ3n) is 10.3. The molecular formula is C49H38N2O5S2. The summed E-state index contributed by atoms with van der Waals surface area (Å²) in [5.74, 6) is 3.24. The Hall–Kier alpha value is -6.81. The van der Waals surface area contributed by atoms with Gasteiger partial charge in [-0.05, 0) is 168 Å². The van der Waals surface area contributed by atoms with E-state index in [2.05, 4.69) is 107 Å². The van der Waals surface area contributed by atoms with E-state index in [1.807, 2.05) is 60.7 Å². The number of hydrogen-bond acceptors (Lipinski definition) is 9. The maximum atomic E-state index is 13.7. The van der Waals surface area contributed by atoms with Crippen molar-refractivity contribution in [3.63, 3.8) is 0 Å². The predicted octanol–water partition coefficient (Wildman–Crippen LogP) is 13.3. The molecule has 0 radical (unpaired) electrons. The van der Waals surface area contributed by atoms with Gasteiger partial charge in [0.2, 0.25) is 0 Å². The lowest BCUT2D eigenvalue weighted by molar-refractivity contribution is 0.104. The van der Waals surface area contributed by atoms with Crippen LogP contribution in [-0.2, 0) is 0 Å². The summed E-state index contributed by atoms with van der Waals surface area (Å²) in [5, 5.41) is 2.10. The van der Waals surface area contributed by atoms with Crippen molar-refractivity contribution in [3.8, 4) is 55.0 Å². The number of nitrogens with zero attached hydrogens (tertiary/aromatic N) is 2. The molecule has 286 valence electrons.